The second kappa shape index (κ2) is 298. The van der Waals surface area contributed by atoms with Crippen molar-refractivity contribution in [3.63, 3.8) is 0 Å². The minimum Gasteiger partial charge on any atom is -2.00 e. The van der Waals surface area contributed by atoms with Crippen molar-refractivity contribution in [3.8, 4) is 0 Å². The third-order valence-electron chi connectivity index (χ3n) is 0. The average Bonchev–Trinajstić information content (AvgIpc) is 2.19. The molecule has 0 aliphatic heterocycles. The Bertz CT molecular complexity index is 188. The van der Waals surface area contributed by atoms with Gasteiger partial charge in [-0.2, -0.15) is 0 Å². The number of aliphatic hydroxyl groups is 2. The van der Waals surface area contributed by atoms with Gasteiger partial charge in [-0.3, -0.25) is 0 Å². The predicted octanol–water partition coefficient (Wildman–Crippen LogP) is -10.6. The Hall–Kier alpha value is 1.45. The van der Waals surface area contributed by atoms with Crippen molar-refractivity contribution in [1.82, 2.24) is 0 Å². The van der Waals surface area contributed by atoms with E-state index < -0.39 is 23.9 Å². The minimum absolute atomic E-state index is 0. The van der Waals surface area contributed by atoms with Gasteiger partial charge in [0.1, 0.15) is 0 Å². The van der Waals surface area contributed by atoms with Crippen LogP contribution in [-0.4, -0.2) is 48.3 Å². The van der Waals surface area contributed by atoms with Crippen LogP contribution in [0, 0.1) is 124 Å². The minimum atomic E-state index is -1.08. The van der Waals surface area contributed by atoms with Gasteiger partial charge in [-0.05, 0) is 27.7 Å². The molecule has 0 radical (unpaired) electrons. The zero-order valence-corrected chi connectivity index (χ0v) is 37.2. The zero-order valence-electron chi connectivity index (χ0n) is 20.6. The van der Waals surface area contributed by atoms with Gasteiger partial charge in [-0.25, -0.2) is 0 Å². The number of aliphatic hydroxyl groups excluding tert-OH is 2. The molecule has 0 aromatic rings. The fraction of sp³-hybridized carbons (Fsp3) is 0.600. The first kappa shape index (κ1) is 244. The van der Waals surface area contributed by atoms with Gasteiger partial charge < -0.3 is 126 Å². The van der Waals surface area contributed by atoms with Crippen LogP contribution in [0.4, 0.5) is 0 Å². The average molecular weight is 1490 g/mol. The Labute approximate surface area is 313 Å². The number of carboxylic acid groups (broad SMARTS) is 4. The van der Waals surface area contributed by atoms with Crippen LogP contribution in [0.15, 0.2) is 0 Å². The molecule has 0 aromatic heterocycles. The van der Waals surface area contributed by atoms with Gasteiger partial charge in [-0.1, -0.05) is 0 Å². The molecule has 0 heterocycles. The summed E-state index contributed by atoms with van der Waals surface area (Å²) in [5, 5.41) is 49.6. The van der Waals surface area contributed by atoms with Gasteiger partial charge in [0, 0.05) is 163 Å². The van der Waals surface area contributed by atoms with Crippen LogP contribution in [-0.2, 0) is 95.8 Å². The van der Waals surface area contributed by atoms with E-state index in [0.717, 1.165) is 41.9 Å². The molecule has 0 aliphatic rings. The quantitative estimate of drug-likeness (QED) is 0.216. The maximum Gasteiger partial charge on any atom is 0.0383 e. The number of carbonyl (C=O) groups is 4. The van der Waals surface area contributed by atoms with E-state index in [9.17, 15) is 0 Å². The predicted molar refractivity (Wildman–Crippen MR) is 85.4 cm³/mol. The SMILES string of the molecule is CC(=O)[O-].CC(=O)[O-].CC(=O)[O-].CC(=O)[O-].CO.CO.[O-2].[O-2].[O-2].[O-2].[O-2].[O-2].[O-2].[O-2].[O-2].[O-2].[OH3+].[OH3+].[OH3+].[OH3+].[U].[U].[U].[U]. The van der Waals surface area contributed by atoms with Crippen molar-refractivity contribution >= 4 is 23.9 Å². The van der Waals surface area contributed by atoms with Gasteiger partial charge in [0.25, 0.3) is 0 Å². The summed E-state index contributed by atoms with van der Waals surface area (Å²) >= 11 is 0. The first-order valence-corrected chi connectivity index (χ1v) is 4.53. The van der Waals surface area contributed by atoms with Gasteiger partial charge in [0.15, 0.2) is 0 Å². The Morgan fingerprint density at radius 2 is 0.342 bits per heavy atom. The zero-order chi connectivity index (χ0) is 18.3. The Morgan fingerprint density at radius 1 is 0.342 bits per heavy atom. The molecular formula is C10H32O24U4-20. The fourth-order valence-corrected chi connectivity index (χ4v) is 0. The molecule has 0 amide bonds. The molecule has 28 heteroatoms. The summed E-state index contributed by atoms with van der Waals surface area (Å²) in [6.45, 7) is 3.89. The molecule has 0 aromatic carbocycles. The number of carbonyl (C=O) groups excluding carboxylic acids is 4. The van der Waals surface area contributed by atoms with Gasteiger partial charge in [0.05, 0.1) is 0 Å². The summed E-state index contributed by atoms with van der Waals surface area (Å²) in [7, 11) is 2.00. The van der Waals surface area contributed by atoms with Crippen molar-refractivity contribution in [2.24, 2.45) is 0 Å². The Kier molecular flexibility index (Phi) is 1920. The summed E-state index contributed by atoms with van der Waals surface area (Å²) in [5.74, 6) is -4.33. The standard InChI is InChI=1S/4C2H4O2.2CH4O.4H2O.10O.4U/c4*1-2(3)4;2*1-2;;;;;;;;;;;;;;;;;;/h4*1H3,(H,3,4);2*2H,1H3;4*1H2;;;;;;;;;;;;;;/q;;;;;;;;;;10*-2;;;;. The van der Waals surface area contributed by atoms with Crippen molar-refractivity contribution in [2.75, 3.05) is 14.2 Å². The van der Waals surface area contributed by atoms with Crippen LogP contribution in [0.2, 0.25) is 0 Å². The molecule has 0 saturated carbocycles. The summed E-state index contributed by atoms with van der Waals surface area (Å²) in [5.41, 5.74) is 0. The fourth-order valence-electron chi connectivity index (χ4n) is 0. The van der Waals surface area contributed by atoms with Crippen molar-refractivity contribution in [1.29, 1.82) is 0 Å². The van der Waals surface area contributed by atoms with Crippen LogP contribution < -0.4 is 20.4 Å². The van der Waals surface area contributed by atoms with Crippen LogP contribution in [0.25, 0.3) is 0 Å². The molecule has 14 N–H and O–H groups in total. The number of hydrogen-bond donors (Lipinski definition) is 2. The van der Waals surface area contributed by atoms with Crippen LogP contribution in [0.5, 0.6) is 0 Å². The third kappa shape index (κ3) is 23700. The molecule has 0 unspecified atom stereocenters. The molecule has 0 fully saturated rings. The van der Waals surface area contributed by atoms with E-state index in [1.54, 1.807) is 0 Å². The maximum absolute atomic E-state index is 8.89. The topological polar surface area (TPSA) is 618 Å². The van der Waals surface area contributed by atoms with Crippen molar-refractivity contribution in [2.45, 2.75) is 27.7 Å². The number of rotatable bonds is 0. The molecular weight excluding hydrogens is 1460 g/mol. The Balaban J connectivity index is -0.00000000260. The largest absolute Gasteiger partial charge is 2.00 e. The molecule has 0 saturated heterocycles. The van der Waals surface area contributed by atoms with Gasteiger partial charge >= 0.3 is 0 Å². The molecule has 24 nitrogen and oxygen atoms in total. The monoisotopic (exact) mass is 1490 g/mol. The Morgan fingerprint density at radius 3 is 0.342 bits per heavy atom. The first-order valence-electron chi connectivity index (χ1n) is 4.53. The van der Waals surface area contributed by atoms with E-state index in [-0.39, 0.29) is 201 Å². The molecule has 0 bridgehead atoms. The normalized spacial score (nSPS) is 2.95. The summed E-state index contributed by atoms with van der Waals surface area (Å²) in [6.07, 6.45) is 0. The van der Waals surface area contributed by atoms with E-state index in [4.69, 9.17) is 49.8 Å². The van der Waals surface area contributed by atoms with E-state index in [2.05, 4.69) is 0 Å². The molecule has 0 spiro atoms. The number of hydrogen-bond acceptors (Lipinski definition) is 10. The number of carboxylic acids is 4. The molecule has 38 heavy (non-hydrogen) atoms. The molecule has 0 rings (SSSR count). The third-order valence-corrected chi connectivity index (χ3v) is 0. The molecule has 0 aliphatic carbocycles. The van der Waals surface area contributed by atoms with E-state index in [1.807, 2.05) is 0 Å². The molecule has 252 valence electrons. The van der Waals surface area contributed by atoms with Gasteiger partial charge in [-0.15, -0.1) is 0 Å². The summed E-state index contributed by atoms with van der Waals surface area (Å²) in [6, 6.07) is 0. The van der Waals surface area contributed by atoms with Crippen LogP contribution in [0.3, 0.4) is 0 Å². The van der Waals surface area contributed by atoms with Gasteiger partial charge in [0.2, 0.25) is 0 Å². The van der Waals surface area contributed by atoms with Crippen molar-refractivity contribution in [3.05, 3.63) is 0 Å². The van der Waals surface area contributed by atoms with E-state index >= 15 is 0 Å². The van der Waals surface area contributed by atoms with E-state index in [0.29, 0.717) is 0 Å². The van der Waals surface area contributed by atoms with Crippen LogP contribution in [0.1, 0.15) is 27.7 Å². The summed E-state index contributed by atoms with van der Waals surface area (Å²) < 4.78 is 0. The van der Waals surface area contributed by atoms with Crippen molar-refractivity contribution < 1.29 is 251 Å². The summed E-state index contributed by atoms with van der Waals surface area (Å²) in [4.78, 5) is 35.6. The van der Waals surface area contributed by atoms with Crippen LogP contribution >= 0.6 is 0 Å². The number of aliphatic carboxylic acids is 4. The first-order chi connectivity index (χ1) is 8.93. The second-order valence-electron chi connectivity index (χ2n) is 1.97. The molecule has 0 atom stereocenters. The van der Waals surface area contributed by atoms with E-state index in [1.165, 1.54) is 0 Å². The smallest absolute Gasteiger partial charge is 0.0383 e. The maximum atomic E-state index is 8.89. The second-order valence-corrected chi connectivity index (χ2v) is 1.97.